The van der Waals surface area contributed by atoms with Gasteiger partial charge in [-0.15, -0.1) is 0 Å². The van der Waals surface area contributed by atoms with E-state index in [-0.39, 0.29) is 11.7 Å². The van der Waals surface area contributed by atoms with Gasteiger partial charge in [-0.1, -0.05) is 13.8 Å². The molecular formula is C9H14FN3. The molecular weight excluding hydrogens is 169 g/mol. The Bertz CT molecular complexity index is 286. The number of halogens is 1. The van der Waals surface area contributed by atoms with Crippen LogP contribution in [0.1, 0.15) is 31.3 Å². The van der Waals surface area contributed by atoms with Crippen molar-refractivity contribution in [2.45, 2.75) is 26.2 Å². The second-order valence-electron chi connectivity index (χ2n) is 3.21. The highest BCUT2D eigenvalue weighted by atomic mass is 19.1. The van der Waals surface area contributed by atoms with E-state index in [0.717, 1.165) is 0 Å². The van der Waals surface area contributed by atoms with Crippen LogP contribution in [0.2, 0.25) is 0 Å². The molecule has 0 saturated heterocycles. The van der Waals surface area contributed by atoms with Crippen molar-refractivity contribution in [1.29, 1.82) is 0 Å². The zero-order chi connectivity index (χ0) is 9.84. The highest BCUT2D eigenvalue weighted by Gasteiger charge is 2.09. The topological polar surface area (TPSA) is 51.8 Å². The Kier molecular flexibility index (Phi) is 3.31. The number of aromatic nitrogens is 2. The molecule has 0 aliphatic heterocycles. The van der Waals surface area contributed by atoms with Crippen LogP contribution < -0.4 is 5.73 Å². The van der Waals surface area contributed by atoms with Gasteiger partial charge in [0.05, 0.1) is 11.9 Å². The summed E-state index contributed by atoms with van der Waals surface area (Å²) < 4.78 is 13.1. The SMILES string of the molecule is CC(C)c1nc(CCN)ncc1F. The Morgan fingerprint density at radius 1 is 1.54 bits per heavy atom. The summed E-state index contributed by atoms with van der Waals surface area (Å²) in [5, 5.41) is 0. The van der Waals surface area contributed by atoms with Crippen LogP contribution in [0.25, 0.3) is 0 Å². The second-order valence-corrected chi connectivity index (χ2v) is 3.21. The van der Waals surface area contributed by atoms with Crippen molar-refractivity contribution in [2.75, 3.05) is 6.54 Å². The van der Waals surface area contributed by atoms with Crippen molar-refractivity contribution in [3.63, 3.8) is 0 Å². The molecule has 2 N–H and O–H groups in total. The maximum atomic E-state index is 13.1. The predicted molar refractivity (Wildman–Crippen MR) is 48.8 cm³/mol. The van der Waals surface area contributed by atoms with Crippen LogP contribution in [0.15, 0.2) is 6.20 Å². The van der Waals surface area contributed by atoms with E-state index in [1.54, 1.807) is 0 Å². The quantitative estimate of drug-likeness (QED) is 0.767. The third-order valence-electron chi connectivity index (χ3n) is 1.74. The molecule has 1 aromatic heterocycles. The van der Waals surface area contributed by atoms with Gasteiger partial charge >= 0.3 is 0 Å². The van der Waals surface area contributed by atoms with E-state index in [4.69, 9.17) is 5.73 Å². The van der Waals surface area contributed by atoms with E-state index in [1.165, 1.54) is 6.20 Å². The zero-order valence-corrected chi connectivity index (χ0v) is 7.92. The molecule has 0 aliphatic rings. The third kappa shape index (κ3) is 2.45. The monoisotopic (exact) mass is 183 g/mol. The highest BCUT2D eigenvalue weighted by molar-refractivity contribution is 5.09. The van der Waals surface area contributed by atoms with Crippen LogP contribution in [0.3, 0.4) is 0 Å². The van der Waals surface area contributed by atoms with Gasteiger partial charge in [-0.25, -0.2) is 14.4 Å². The molecule has 0 saturated carbocycles. The van der Waals surface area contributed by atoms with Crippen LogP contribution in [0, 0.1) is 5.82 Å². The molecule has 0 bridgehead atoms. The largest absolute Gasteiger partial charge is 0.330 e. The molecule has 4 heteroatoms. The summed E-state index contributed by atoms with van der Waals surface area (Å²) in [7, 11) is 0. The van der Waals surface area contributed by atoms with Crippen molar-refractivity contribution in [1.82, 2.24) is 9.97 Å². The van der Waals surface area contributed by atoms with E-state index in [9.17, 15) is 4.39 Å². The number of rotatable bonds is 3. The van der Waals surface area contributed by atoms with Gasteiger partial charge in [0.25, 0.3) is 0 Å². The molecule has 0 unspecified atom stereocenters. The van der Waals surface area contributed by atoms with Crippen molar-refractivity contribution in [2.24, 2.45) is 5.73 Å². The summed E-state index contributed by atoms with van der Waals surface area (Å²) in [4.78, 5) is 7.94. The van der Waals surface area contributed by atoms with Crippen molar-refractivity contribution >= 4 is 0 Å². The normalized spacial score (nSPS) is 10.8. The Balaban J connectivity index is 2.97. The first-order valence-corrected chi connectivity index (χ1v) is 4.36. The lowest BCUT2D eigenvalue weighted by Gasteiger charge is -2.06. The van der Waals surface area contributed by atoms with Crippen LogP contribution in [0.5, 0.6) is 0 Å². The van der Waals surface area contributed by atoms with Crippen molar-refractivity contribution < 1.29 is 4.39 Å². The summed E-state index contributed by atoms with van der Waals surface area (Å²) in [6.07, 6.45) is 1.81. The molecule has 72 valence electrons. The fraction of sp³-hybridized carbons (Fsp3) is 0.556. The number of hydrogen-bond donors (Lipinski definition) is 1. The smallest absolute Gasteiger partial charge is 0.163 e. The summed E-state index contributed by atoms with van der Waals surface area (Å²) in [5.74, 6) is 0.364. The van der Waals surface area contributed by atoms with Crippen molar-refractivity contribution in [3.8, 4) is 0 Å². The first kappa shape index (κ1) is 10.1. The van der Waals surface area contributed by atoms with E-state index in [0.29, 0.717) is 24.5 Å². The van der Waals surface area contributed by atoms with Crippen LogP contribution >= 0.6 is 0 Å². The van der Waals surface area contributed by atoms with Crippen LogP contribution in [0.4, 0.5) is 4.39 Å². The molecule has 13 heavy (non-hydrogen) atoms. The molecule has 3 nitrogen and oxygen atoms in total. The predicted octanol–water partition coefficient (Wildman–Crippen LogP) is 1.24. The molecule has 0 aromatic carbocycles. The Morgan fingerprint density at radius 3 is 2.77 bits per heavy atom. The fourth-order valence-electron chi connectivity index (χ4n) is 1.07. The standard InChI is InChI=1S/C9H14FN3/c1-6(2)9-7(10)5-12-8(13-9)3-4-11/h5-6H,3-4,11H2,1-2H3. The molecule has 0 spiro atoms. The average molecular weight is 183 g/mol. The first-order chi connectivity index (χ1) is 6.15. The van der Waals surface area contributed by atoms with Gasteiger partial charge in [-0.2, -0.15) is 0 Å². The fourth-order valence-corrected chi connectivity index (χ4v) is 1.07. The molecule has 0 amide bonds. The van der Waals surface area contributed by atoms with E-state index in [2.05, 4.69) is 9.97 Å². The molecule has 0 fully saturated rings. The molecule has 1 rings (SSSR count). The summed E-state index contributed by atoms with van der Waals surface area (Å²) >= 11 is 0. The highest BCUT2D eigenvalue weighted by Crippen LogP contribution is 2.14. The van der Waals surface area contributed by atoms with Crippen molar-refractivity contribution in [3.05, 3.63) is 23.5 Å². The third-order valence-corrected chi connectivity index (χ3v) is 1.74. The van der Waals surface area contributed by atoms with Gasteiger partial charge in [0.2, 0.25) is 0 Å². The number of hydrogen-bond acceptors (Lipinski definition) is 3. The first-order valence-electron chi connectivity index (χ1n) is 4.36. The molecule has 1 aromatic rings. The van der Waals surface area contributed by atoms with Gasteiger partial charge in [-0.3, -0.25) is 0 Å². The second kappa shape index (κ2) is 4.28. The Hall–Kier alpha value is -1.03. The number of nitrogens with zero attached hydrogens (tertiary/aromatic N) is 2. The molecule has 1 heterocycles. The Morgan fingerprint density at radius 2 is 2.23 bits per heavy atom. The zero-order valence-electron chi connectivity index (χ0n) is 7.92. The maximum absolute atomic E-state index is 13.1. The van der Waals surface area contributed by atoms with Crippen LogP contribution in [-0.2, 0) is 6.42 Å². The summed E-state index contributed by atoms with van der Waals surface area (Å²) in [6.45, 7) is 4.29. The van der Waals surface area contributed by atoms with E-state index < -0.39 is 0 Å². The average Bonchev–Trinajstić information content (AvgIpc) is 2.08. The lowest BCUT2D eigenvalue weighted by molar-refractivity contribution is 0.569. The van der Waals surface area contributed by atoms with Gasteiger partial charge in [0.1, 0.15) is 5.82 Å². The minimum Gasteiger partial charge on any atom is -0.330 e. The summed E-state index contributed by atoms with van der Waals surface area (Å²) in [5.41, 5.74) is 5.82. The van der Waals surface area contributed by atoms with Gasteiger partial charge in [-0.05, 0) is 12.5 Å². The van der Waals surface area contributed by atoms with Gasteiger partial charge < -0.3 is 5.73 Å². The lowest BCUT2D eigenvalue weighted by Crippen LogP contribution is -2.09. The number of nitrogens with two attached hydrogens (primary N) is 1. The van der Waals surface area contributed by atoms with Crippen LogP contribution in [-0.4, -0.2) is 16.5 Å². The molecule has 0 radical (unpaired) electrons. The molecule has 0 aliphatic carbocycles. The summed E-state index contributed by atoms with van der Waals surface area (Å²) in [6, 6.07) is 0. The minimum atomic E-state index is -0.337. The van der Waals surface area contributed by atoms with E-state index in [1.807, 2.05) is 13.8 Å². The van der Waals surface area contributed by atoms with Gasteiger partial charge in [0.15, 0.2) is 5.82 Å². The minimum absolute atomic E-state index is 0.0829. The lowest BCUT2D eigenvalue weighted by atomic mass is 10.1. The van der Waals surface area contributed by atoms with Gasteiger partial charge in [0, 0.05) is 6.42 Å². The molecule has 0 atom stereocenters. The van der Waals surface area contributed by atoms with E-state index >= 15 is 0 Å². The maximum Gasteiger partial charge on any atom is 0.163 e. The Labute approximate surface area is 77.2 Å².